The second kappa shape index (κ2) is 9.03. The summed E-state index contributed by atoms with van der Waals surface area (Å²) in [5, 5.41) is 3.92. The van der Waals surface area contributed by atoms with Crippen LogP contribution in [0, 0.1) is 0 Å². The van der Waals surface area contributed by atoms with E-state index in [0.717, 1.165) is 48.2 Å². The van der Waals surface area contributed by atoms with Crippen molar-refractivity contribution in [3.8, 4) is 0 Å². The molecule has 1 aliphatic rings. The number of hydrogen-bond donors (Lipinski definition) is 2. The first-order chi connectivity index (χ1) is 14.9. The van der Waals surface area contributed by atoms with Crippen LogP contribution in [-0.4, -0.2) is 39.4 Å². The van der Waals surface area contributed by atoms with Gasteiger partial charge in [0.05, 0.1) is 16.8 Å². The van der Waals surface area contributed by atoms with Gasteiger partial charge in [-0.1, -0.05) is 42.5 Å². The minimum Gasteiger partial charge on any atom is -0.356 e. The van der Waals surface area contributed by atoms with Crippen LogP contribution in [0.25, 0.3) is 10.9 Å². The van der Waals surface area contributed by atoms with E-state index in [4.69, 9.17) is 4.98 Å². The van der Waals surface area contributed by atoms with Crippen molar-refractivity contribution in [2.75, 3.05) is 25.0 Å². The quantitative estimate of drug-likeness (QED) is 0.592. The Balaban J connectivity index is 1.51. The third kappa shape index (κ3) is 5.03. The number of aromatic nitrogens is 1. The minimum absolute atomic E-state index is 0.0713. The molecule has 162 valence electrons. The number of para-hydroxylation sites is 1. The monoisotopic (exact) mass is 438 g/mol. The molecule has 2 aromatic carbocycles. The number of rotatable bonds is 7. The fourth-order valence-electron chi connectivity index (χ4n) is 3.77. The number of carbonyl (C=O) groups is 1. The largest absolute Gasteiger partial charge is 0.356 e. The van der Waals surface area contributed by atoms with Crippen molar-refractivity contribution in [3.63, 3.8) is 0 Å². The minimum atomic E-state index is -3.31. The van der Waals surface area contributed by atoms with Gasteiger partial charge < -0.3 is 10.2 Å². The van der Waals surface area contributed by atoms with Gasteiger partial charge in [-0.2, -0.15) is 0 Å². The third-order valence-corrected chi connectivity index (χ3v) is 6.83. The van der Waals surface area contributed by atoms with Crippen LogP contribution in [0.1, 0.15) is 34.3 Å². The van der Waals surface area contributed by atoms with Crippen molar-refractivity contribution in [1.82, 2.24) is 15.0 Å². The number of carbonyl (C=O) groups excluding carboxylic acids is 1. The lowest BCUT2D eigenvalue weighted by atomic mass is 10.1. The van der Waals surface area contributed by atoms with Gasteiger partial charge in [-0.15, -0.1) is 0 Å². The third-order valence-electron chi connectivity index (χ3n) is 5.50. The van der Waals surface area contributed by atoms with E-state index in [0.29, 0.717) is 17.7 Å². The number of nitrogens with one attached hydrogen (secondary N) is 2. The van der Waals surface area contributed by atoms with Crippen LogP contribution < -0.4 is 14.9 Å². The summed E-state index contributed by atoms with van der Waals surface area (Å²) in [4.78, 5) is 20.0. The Labute approximate surface area is 182 Å². The number of benzene rings is 2. The summed E-state index contributed by atoms with van der Waals surface area (Å²) in [7, 11) is -1.91. The van der Waals surface area contributed by atoms with Gasteiger partial charge in [0.25, 0.3) is 5.91 Å². The van der Waals surface area contributed by atoms with Gasteiger partial charge in [-0.25, -0.2) is 18.1 Å². The van der Waals surface area contributed by atoms with E-state index in [1.165, 1.54) is 7.05 Å². The van der Waals surface area contributed by atoms with Gasteiger partial charge in [-0.3, -0.25) is 4.79 Å². The molecule has 1 aliphatic heterocycles. The lowest BCUT2D eigenvalue weighted by molar-refractivity contribution is 0.0951. The second-order valence-electron chi connectivity index (χ2n) is 7.71. The first kappa shape index (κ1) is 21.3. The molecule has 8 heteroatoms. The van der Waals surface area contributed by atoms with Gasteiger partial charge in [0, 0.05) is 25.0 Å². The number of pyridine rings is 1. The molecule has 0 radical (unpaired) electrons. The van der Waals surface area contributed by atoms with Gasteiger partial charge in [0.2, 0.25) is 10.0 Å². The van der Waals surface area contributed by atoms with Crippen molar-refractivity contribution in [2.45, 2.75) is 25.1 Å². The first-order valence-corrected chi connectivity index (χ1v) is 12.0. The molecule has 2 heterocycles. The molecule has 31 heavy (non-hydrogen) atoms. The van der Waals surface area contributed by atoms with Gasteiger partial charge >= 0.3 is 0 Å². The molecule has 1 saturated heterocycles. The number of nitrogens with zero attached hydrogens (tertiary/aromatic N) is 2. The van der Waals surface area contributed by atoms with Crippen LogP contribution in [0.2, 0.25) is 0 Å². The lowest BCUT2D eigenvalue weighted by Gasteiger charge is -2.20. The van der Waals surface area contributed by atoms with Gasteiger partial charge in [-0.05, 0) is 43.1 Å². The molecule has 7 nitrogen and oxygen atoms in total. The summed E-state index contributed by atoms with van der Waals surface area (Å²) in [6, 6.07) is 16.9. The molecule has 4 rings (SSSR count). The highest BCUT2D eigenvalue weighted by Gasteiger charge is 2.22. The van der Waals surface area contributed by atoms with Crippen molar-refractivity contribution in [3.05, 3.63) is 71.3 Å². The average molecular weight is 439 g/mol. The predicted octanol–water partition coefficient (Wildman–Crippen LogP) is 2.81. The maximum atomic E-state index is 13.1. The van der Waals surface area contributed by atoms with E-state index in [1.807, 2.05) is 42.5 Å². The van der Waals surface area contributed by atoms with Crippen molar-refractivity contribution < 1.29 is 13.2 Å². The van der Waals surface area contributed by atoms with Crippen LogP contribution in [0.5, 0.6) is 0 Å². The molecule has 3 aromatic rings. The second-order valence-corrected chi connectivity index (χ2v) is 9.64. The Morgan fingerprint density at radius 3 is 2.42 bits per heavy atom. The molecular weight excluding hydrogens is 412 g/mol. The maximum absolute atomic E-state index is 13.1. The van der Waals surface area contributed by atoms with Crippen LogP contribution in [0.15, 0.2) is 54.6 Å². The molecule has 1 aromatic heterocycles. The fourth-order valence-corrected chi connectivity index (χ4v) is 4.54. The Kier molecular flexibility index (Phi) is 6.20. The summed E-state index contributed by atoms with van der Waals surface area (Å²) < 4.78 is 25.7. The molecule has 0 unspecified atom stereocenters. The number of anilines is 1. The lowest BCUT2D eigenvalue weighted by Crippen LogP contribution is -2.28. The number of amides is 1. The summed E-state index contributed by atoms with van der Waals surface area (Å²) >= 11 is 0. The first-order valence-electron chi connectivity index (χ1n) is 10.4. The molecule has 0 saturated carbocycles. The summed E-state index contributed by atoms with van der Waals surface area (Å²) in [5.41, 5.74) is 3.06. The smallest absolute Gasteiger partial charge is 0.255 e. The van der Waals surface area contributed by atoms with Crippen molar-refractivity contribution >= 4 is 32.7 Å². The molecule has 1 fully saturated rings. The highest BCUT2D eigenvalue weighted by molar-refractivity contribution is 7.88. The molecule has 0 aliphatic carbocycles. The zero-order valence-corrected chi connectivity index (χ0v) is 18.3. The van der Waals surface area contributed by atoms with Crippen molar-refractivity contribution in [2.24, 2.45) is 0 Å². The molecular formula is C23H26N4O3S. The number of sulfonamides is 1. The Morgan fingerprint density at radius 2 is 1.71 bits per heavy atom. The van der Waals surface area contributed by atoms with Crippen molar-refractivity contribution in [1.29, 1.82) is 0 Å². The van der Waals surface area contributed by atoms with Crippen LogP contribution >= 0.6 is 0 Å². The Bertz CT molecular complexity index is 1190. The molecule has 0 spiro atoms. The summed E-state index contributed by atoms with van der Waals surface area (Å²) in [6.45, 7) is 2.16. The van der Waals surface area contributed by atoms with Gasteiger partial charge in [0.15, 0.2) is 0 Å². The van der Waals surface area contributed by atoms with Gasteiger partial charge in [0.1, 0.15) is 5.82 Å². The van der Waals surface area contributed by atoms with Crippen LogP contribution in [-0.2, 0) is 22.3 Å². The van der Waals surface area contributed by atoms with E-state index < -0.39 is 10.0 Å². The SMILES string of the molecule is CNS(=O)(=O)Cc1ccc(CNC(=O)c2cc3ccccc3nc2N2CCCC2)cc1. The highest BCUT2D eigenvalue weighted by Crippen LogP contribution is 2.26. The molecule has 0 atom stereocenters. The zero-order chi connectivity index (χ0) is 21.8. The standard InChI is InChI=1S/C23H26N4O3S/c1-24-31(29,30)16-18-10-8-17(9-11-18)15-25-23(28)20-14-19-6-2-3-7-21(19)26-22(20)27-12-4-5-13-27/h2-3,6-11,14,24H,4-5,12-13,15-16H2,1H3,(H,25,28). The number of hydrogen-bond acceptors (Lipinski definition) is 5. The predicted molar refractivity (Wildman–Crippen MR) is 122 cm³/mol. The average Bonchev–Trinajstić information content (AvgIpc) is 3.32. The number of fused-ring (bicyclic) bond motifs is 1. The van der Waals surface area contributed by atoms with Crippen LogP contribution in [0.4, 0.5) is 5.82 Å². The topological polar surface area (TPSA) is 91.4 Å². The maximum Gasteiger partial charge on any atom is 0.255 e. The Morgan fingerprint density at radius 1 is 1.03 bits per heavy atom. The molecule has 2 N–H and O–H groups in total. The van der Waals surface area contributed by atoms with E-state index in [2.05, 4.69) is 14.9 Å². The summed E-state index contributed by atoms with van der Waals surface area (Å²) in [6.07, 6.45) is 2.20. The van der Waals surface area contributed by atoms with E-state index in [9.17, 15) is 13.2 Å². The van der Waals surface area contributed by atoms with E-state index >= 15 is 0 Å². The molecule has 1 amide bonds. The Hall–Kier alpha value is -2.97. The van der Waals surface area contributed by atoms with E-state index in [1.54, 1.807) is 12.1 Å². The normalized spacial score (nSPS) is 14.2. The molecule has 0 bridgehead atoms. The fraction of sp³-hybridized carbons (Fsp3) is 0.304. The van der Waals surface area contributed by atoms with Crippen LogP contribution in [0.3, 0.4) is 0 Å². The zero-order valence-electron chi connectivity index (χ0n) is 17.5. The van der Waals surface area contributed by atoms with E-state index in [-0.39, 0.29) is 11.7 Å². The summed E-state index contributed by atoms with van der Waals surface area (Å²) in [5.74, 6) is 0.501. The highest BCUT2D eigenvalue weighted by atomic mass is 32.2.